The summed E-state index contributed by atoms with van der Waals surface area (Å²) in [6, 6.07) is 0.142. The minimum absolute atomic E-state index is 0.0971. The highest BCUT2D eigenvalue weighted by molar-refractivity contribution is 5.77. The molecule has 0 bridgehead atoms. The Kier molecular flexibility index (Phi) is 5.28. The van der Waals surface area contributed by atoms with Gasteiger partial charge in [0.05, 0.1) is 18.1 Å². The number of carbonyl (C=O) groups is 2. The molecule has 0 spiro atoms. The summed E-state index contributed by atoms with van der Waals surface area (Å²) in [6.45, 7) is 8.71. The van der Waals surface area contributed by atoms with Crippen molar-refractivity contribution in [3.05, 3.63) is 5.82 Å². The first-order chi connectivity index (χ1) is 12.3. The first-order valence-corrected chi connectivity index (χ1v) is 9.21. The summed E-state index contributed by atoms with van der Waals surface area (Å²) in [4.78, 5) is 29.5. The molecule has 0 aliphatic carbocycles. The van der Waals surface area contributed by atoms with E-state index in [0.29, 0.717) is 25.0 Å². The van der Waals surface area contributed by atoms with Gasteiger partial charge in [-0.25, -0.2) is 9.59 Å². The van der Waals surface area contributed by atoms with Crippen LogP contribution in [0.25, 0.3) is 0 Å². The molecule has 4 amide bonds. The Morgan fingerprint density at radius 2 is 2.08 bits per heavy atom. The van der Waals surface area contributed by atoms with Crippen molar-refractivity contribution in [2.75, 3.05) is 26.2 Å². The van der Waals surface area contributed by atoms with Gasteiger partial charge < -0.3 is 20.4 Å². The maximum Gasteiger partial charge on any atom is 0.320 e. The fraction of sp³-hybridized carbons (Fsp3) is 0.812. The second-order valence-corrected chi connectivity index (χ2v) is 7.85. The minimum Gasteiger partial charge on any atom is -0.336 e. The van der Waals surface area contributed by atoms with Crippen molar-refractivity contribution >= 4 is 12.1 Å². The minimum atomic E-state index is -0.304. The predicted octanol–water partition coefficient (Wildman–Crippen LogP) is 0.517. The molecule has 2 saturated heterocycles. The second-order valence-electron chi connectivity index (χ2n) is 7.85. The Morgan fingerprint density at radius 1 is 1.27 bits per heavy atom. The average Bonchev–Trinajstić information content (AvgIpc) is 3.19. The highest BCUT2D eigenvalue weighted by atomic mass is 16.2. The lowest BCUT2D eigenvalue weighted by Crippen LogP contribution is -2.42. The van der Waals surface area contributed by atoms with Crippen molar-refractivity contribution in [1.29, 1.82) is 0 Å². The maximum atomic E-state index is 12.3. The van der Waals surface area contributed by atoms with Gasteiger partial charge in [0.25, 0.3) is 0 Å². The summed E-state index contributed by atoms with van der Waals surface area (Å²) < 4.78 is 0. The Bertz CT molecular complexity index is 653. The summed E-state index contributed by atoms with van der Waals surface area (Å²) in [7, 11) is 0. The number of nitrogens with one attached hydrogen (secondary N) is 2. The fourth-order valence-corrected chi connectivity index (χ4v) is 3.27. The number of tetrazole rings is 1. The third-order valence-corrected chi connectivity index (χ3v) is 4.70. The van der Waals surface area contributed by atoms with Gasteiger partial charge in [0, 0.05) is 26.2 Å². The van der Waals surface area contributed by atoms with Crippen molar-refractivity contribution < 1.29 is 9.59 Å². The summed E-state index contributed by atoms with van der Waals surface area (Å²) in [5.74, 6) is 0.460. The number of aromatic nitrogens is 4. The van der Waals surface area contributed by atoms with Crippen LogP contribution in [0.5, 0.6) is 0 Å². The molecule has 2 fully saturated rings. The van der Waals surface area contributed by atoms with Crippen LogP contribution >= 0.6 is 0 Å². The number of hydrogen-bond acceptors (Lipinski definition) is 5. The number of rotatable bonds is 5. The molecule has 3 heterocycles. The molecule has 3 rings (SSSR count). The van der Waals surface area contributed by atoms with E-state index in [1.54, 1.807) is 0 Å². The first-order valence-electron chi connectivity index (χ1n) is 9.21. The van der Waals surface area contributed by atoms with E-state index in [2.05, 4.69) is 26.0 Å². The molecular formula is C16H28N8O2. The van der Waals surface area contributed by atoms with E-state index in [4.69, 9.17) is 0 Å². The molecule has 2 N–H and O–H groups in total. The fourth-order valence-electron chi connectivity index (χ4n) is 3.27. The predicted molar refractivity (Wildman–Crippen MR) is 94.4 cm³/mol. The van der Waals surface area contributed by atoms with Crippen LogP contribution in [-0.2, 0) is 12.1 Å². The molecule has 144 valence electrons. The topological polar surface area (TPSA) is 108 Å². The quantitative estimate of drug-likeness (QED) is 0.792. The number of nitrogens with zero attached hydrogens (tertiary/aromatic N) is 6. The van der Waals surface area contributed by atoms with Crippen LogP contribution in [0.1, 0.15) is 45.9 Å². The van der Waals surface area contributed by atoms with Crippen LogP contribution in [0.15, 0.2) is 0 Å². The lowest BCUT2D eigenvalue weighted by molar-refractivity contribution is 0.175. The monoisotopic (exact) mass is 364 g/mol. The molecule has 1 aromatic heterocycles. The van der Waals surface area contributed by atoms with Crippen molar-refractivity contribution in [3.63, 3.8) is 0 Å². The lowest BCUT2D eigenvalue weighted by atomic mass is 10.0. The lowest BCUT2D eigenvalue weighted by Gasteiger charge is -2.27. The van der Waals surface area contributed by atoms with Crippen LogP contribution in [0, 0.1) is 0 Å². The van der Waals surface area contributed by atoms with E-state index in [1.165, 1.54) is 11.2 Å². The number of amides is 4. The molecule has 10 nitrogen and oxygen atoms in total. The smallest absolute Gasteiger partial charge is 0.320 e. The highest BCUT2D eigenvalue weighted by Gasteiger charge is 2.37. The molecule has 10 heteroatoms. The summed E-state index contributed by atoms with van der Waals surface area (Å²) >= 11 is 0. The number of hydrogen-bond donors (Lipinski definition) is 2. The van der Waals surface area contributed by atoms with Crippen LogP contribution in [0.4, 0.5) is 9.59 Å². The van der Waals surface area contributed by atoms with Gasteiger partial charge in [0.15, 0.2) is 5.82 Å². The van der Waals surface area contributed by atoms with E-state index in [1.807, 2.05) is 30.6 Å². The molecule has 2 aliphatic heterocycles. The van der Waals surface area contributed by atoms with Crippen molar-refractivity contribution in [1.82, 2.24) is 40.6 Å². The van der Waals surface area contributed by atoms with Gasteiger partial charge in [0.2, 0.25) is 0 Å². The van der Waals surface area contributed by atoms with Crippen LogP contribution < -0.4 is 10.6 Å². The molecular weight excluding hydrogens is 336 g/mol. The Morgan fingerprint density at radius 3 is 2.77 bits per heavy atom. The van der Waals surface area contributed by atoms with Crippen LogP contribution in [0.2, 0.25) is 0 Å². The van der Waals surface area contributed by atoms with Crippen molar-refractivity contribution in [3.8, 4) is 0 Å². The van der Waals surface area contributed by atoms with Gasteiger partial charge in [-0.1, -0.05) is 0 Å². The standard InChI is InChI=1S/C16H28N8O2/c1-16(2,3)24-20-13(19-21-24)10-18-14(25)17-7-9-22-11-12-6-4-5-8-23(12)15(22)26/h12H,4-11H2,1-3H3,(H2,17,18,25). The molecule has 2 aliphatic rings. The largest absolute Gasteiger partial charge is 0.336 e. The molecule has 26 heavy (non-hydrogen) atoms. The molecule has 1 atom stereocenters. The third-order valence-electron chi connectivity index (χ3n) is 4.70. The molecule has 1 unspecified atom stereocenters. The zero-order chi connectivity index (χ0) is 18.7. The van der Waals surface area contributed by atoms with Gasteiger partial charge in [-0.15, -0.1) is 10.2 Å². The van der Waals surface area contributed by atoms with Gasteiger partial charge in [0.1, 0.15) is 0 Å². The zero-order valence-electron chi connectivity index (χ0n) is 15.7. The summed E-state index contributed by atoms with van der Waals surface area (Å²) in [6.07, 6.45) is 3.36. The Balaban J connectivity index is 1.37. The van der Waals surface area contributed by atoms with E-state index < -0.39 is 0 Å². The van der Waals surface area contributed by atoms with E-state index in [0.717, 1.165) is 25.9 Å². The van der Waals surface area contributed by atoms with Crippen molar-refractivity contribution in [2.24, 2.45) is 0 Å². The van der Waals surface area contributed by atoms with Gasteiger partial charge in [-0.3, -0.25) is 0 Å². The molecule has 0 aromatic carbocycles. The summed E-state index contributed by atoms with van der Waals surface area (Å²) in [5, 5.41) is 17.6. The average molecular weight is 364 g/mol. The first kappa shape index (κ1) is 18.4. The normalized spacial score (nSPS) is 20.3. The number of carbonyl (C=O) groups excluding carboxylic acids is 2. The molecule has 0 saturated carbocycles. The number of urea groups is 2. The molecule has 1 aromatic rings. The Labute approximate surface area is 153 Å². The maximum absolute atomic E-state index is 12.3. The Hall–Kier alpha value is -2.39. The zero-order valence-corrected chi connectivity index (χ0v) is 15.7. The van der Waals surface area contributed by atoms with Gasteiger partial charge in [-0.05, 0) is 45.2 Å². The van der Waals surface area contributed by atoms with Gasteiger partial charge in [-0.2, -0.15) is 4.80 Å². The van der Waals surface area contributed by atoms with Crippen LogP contribution in [0.3, 0.4) is 0 Å². The van der Waals surface area contributed by atoms with E-state index in [-0.39, 0.29) is 24.1 Å². The second kappa shape index (κ2) is 7.46. The molecule has 0 radical (unpaired) electrons. The highest BCUT2D eigenvalue weighted by Crippen LogP contribution is 2.24. The number of fused-ring (bicyclic) bond motifs is 1. The van der Waals surface area contributed by atoms with E-state index >= 15 is 0 Å². The van der Waals surface area contributed by atoms with E-state index in [9.17, 15) is 9.59 Å². The third kappa shape index (κ3) is 4.23. The van der Waals surface area contributed by atoms with Crippen LogP contribution in [-0.4, -0.2) is 74.3 Å². The van der Waals surface area contributed by atoms with Crippen molar-refractivity contribution in [2.45, 2.75) is 58.2 Å². The number of piperidine rings is 1. The SMILES string of the molecule is CC(C)(C)n1nnc(CNC(=O)NCCN2CC3CCCCN3C2=O)n1. The van der Waals surface area contributed by atoms with Gasteiger partial charge >= 0.3 is 12.1 Å². The summed E-state index contributed by atoms with van der Waals surface area (Å²) in [5.41, 5.74) is -0.247.